The van der Waals surface area contributed by atoms with Crippen LogP contribution in [0.5, 0.6) is 0 Å². The highest BCUT2D eigenvalue weighted by Gasteiger charge is 2.29. The third-order valence-corrected chi connectivity index (χ3v) is 14.7. The van der Waals surface area contributed by atoms with Gasteiger partial charge in [0.1, 0.15) is 0 Å². The standard InChI is InChI=1S/C66H70N2/c1-62(2,3)44-28-33-59(54(40-44)43-34-45(63(4,5)6)36-46(35-43)64(7,8)9)67(49-38-47(65(10,11)12)37-48(39-49)66(13,14)15)57-31-26-41-25-30-53-58(32-27-42-24-29-52(57)60(41)61(42)53)68-55-22-18-16-20-50(55)51-21-17-19-23-56(51)68/h16-40H,1-15H3. The summed E-state index contributed by atoms with van der Waals surface area (Å²) in [5.74, 6) is 0. The van der Waals surface area contributed by atoms with Crippen LogP contribution < -0.4 is 4.90 Å². The van der Waals surface area contributed by atoms with E-state index in [0.717, 1.165) is 0 Å². The molecule has 2 nitrogen and oxygen atoms in total. The van der Waals surface area contributed by atoms with Crippen molar-refractivity contribution in [2.45, 2.75) is 131 Å². The van der Waals surface area contributed by atoms with E-state index in [4.69, 9.17) is 0 Å². The molecule has 344 valence electrons. The lowest BCUT2D eigenvalue weighted by Crippen LogP contribution is -2.20. The van der Waals surface area contributed by atoms with E-state index in [2.05, 4.69) is 265 Å². The Morgan fingerprint density at radius 1 is 0.338 bits per heavy atom. The maximum Gasteiger partial charge on any atom is 0.0541 e. The van der Waals surface area contributed by atoms with Gasteiger partial charge in [0.05, 0.1) is 28.1 Å². The van der Waals surface area contributed by atoms with Crippen LogP contribution in [0.25, 0.3) is 70.9 Å². The third-order valence-electron chi connectivity index (χ3n) is 14.7. The first kappa shape index (κ1) is 45.4. The maximum atomic E-state index is 2.62. The fraction of sp³-hybridized carbons (Fsp3) is 0.303. The Balaban J connectivity index is 1.33. The average molecular weight is 891 g/mol. The Hall–Kier alpha value is -6.38. The monoisotopic (exact) mass is 891 g/mol. The van der Waals surface area contributed by atoms with Gasteiger partial charge < -0.3 is 9.47 Å². The molecule has 0 unspecified atom stereocenters. The Bertz CT molecular complexity index is 3460. The van der Waals surface area contributed by atoms with Gasteiger partial charge in [-0.3, -0.25) is 0 Å². The highest BCUT2D eigenvalue weighted by atomic mass is 15.1. The van der Waals surface area contributed by atoms with E-state index in [1.54, 1.807) is 0 Å². The van der Waals surface area contributed by atoms with E-state index >= 15 is 0 Å². The van der Waals surface area contributed by atoms with E-state index in [1.165, 1.54) is 116 Å². The topological polar surface area (TPSA) is 8.17 Å². The molecular formula is C66H70N2. The third kappa shape index (κ3) is 7.75. The lowest BCUT2D eigenvalue weighted by molar-refractivity contribution is 0.568. The zero-order chi connectivity index (χ0) is 48.5. The molecule has 0 aliphatic heterocycles. The molecule has 0 saturated heterocycles. The highest BCUT2D eigenvalue weighted by Crippen LogP contribution is 2.50. The number of anilines is 3. The van der Waals surface area contributed by atoms with Gasteiger partial charge in [-0.2, -0.15) is 0 Å². The van der Waals surface area contributed by atoms with Crippen molar-refractivity contribution in [3.63, 3.8) is 0 Å². The molecule has 0 spiro atoms. The Morgan fingerprint density at radius 2 is 0.765 bits per heavy atom. The van der Waals surface area contributed by atoms with Gasteiger partial charge in [-0.15, -0.1) is 0 Å². The summed E-state index contributed by atoms with van der Waals surface area (Å²) >= 11 is 0. The number of para-hydroxylation sites is 2. The molecule has 1 aromatic heterocycles. The van der Waals surface area contributed by atoms with Gasteiger partial charge in [0.15, 0.2) is 0 Å². The first-order valence-electron chi connectivity index (χ1n) is 24.8. The molecule has 0 amide bonds. The Kier molecular flexibility index (Phi) is 10.4. The molecule has 10 aromatic rings. The van der Waals surface area contributed by atoms with E-state index in [9.17, 15) is 0 Å². The summed E-state index contributed by atoms with van der Waals surface area (Å²) in [4.78, 5) is 2.62. The van der Waals surface area contributed by atoms with E-state index in [1.807, 2.05) is 0 Å². The Labute approximate surface area is 406 Å². The second-order valence-electron chi connectivity index (χ2n) is 24.8. The van der Waals surface area contributed by atoms with Crippen LogP contribution in [0.3, 0.4) is 0 Å². The normalized spacial score (nSPS) is 13.2. The number of hydrogen-bond acceptors (Lipinski definition) is 1. The number of benzene rings is 9. The minimum Gasteiger partial charge on any atom is -0.309 e. The highest BCUT2D eigenvalue weighted by molar-refractivity contribution is 6.27. The number of rotatable bonds is 5. The van der Waals surface area contributed by atoms with Crippen LogP contribution in [0, 0.1) is 0 Å². The summed E-state index contributed by atoms with van der Waals surface area (Å²) in [6.45, 7) is 35.2. The molecule has 0 N–H and O–H groups in total. The zero-order valence-corrected chi connectivity index (χ0v) is 43.3. The number of aromatic nitrogens is 1. The molecule has 0 fully saturated rings. The first-order chi connectivity index (χ1) is 31.9. The SMILES string of the molecule is CC(C)(C)c1cc(-c2cc(C(C)(C)C)ccc2N(c2cc(C(C)(C)C)cc(C(C)(C)C)c2)c2ccc3ccc4c(-n5c6ccccc6c6ccccc65)ccc5ccc2c3c54)cc(C(C)(C)C)c1. The van der Waals surface area contributed by atoms with Gasteiger partial charge >= 0.3 is 0 Å². The molecular weight excluding hydrogens is 821 g/mol. The van der Waals surface area contributed by atoms with E-state index in [-0.39, 0.29) is 27.1 Å². The predicted molar refractivity (Wildman–Crippen MR) is 298 cm³/mol. The summed E-state index contributed by atoms with van der Waals surface area (Å²) in [7, 11) is 0. The van der Waals surface area contributed by atoms with E-state index in [0.29, 0.717) is 0 Å². The van der Waals surface area contributed by atoms with Crippen molar-refractivity contribution < 1.29 is 0 Å². The predicted octanol–water partition coefficient (Wildman–Crippen LogP) is 19.3. The molecule has 0 saturated carbocycles. The summed E-state index contributed by atoms with van der Waals surface area (Å²) < 4.78 is 2.48. The minimum absolute atomic E-state index is 0.0374. The largest absolute Gasteiger partial charge is 0.309 e. The fourth-order valence-corrected chi connectivity index (χ4v) is 10.4. The molecule has 68 heavy (non-hydrogen) atoms. The molecule has 0 radical (unpaired) electrons. The first-order valence-corrected chi connectivity index (χ1v) is 24.8. The average Bonchev–Trinajstić information content (AvgIpc) is 3.61. The number of hydrogen-bond donors (Lipinski definition) is 0. The number of nitrogens with zero attached hydrogens (tertiary/aromatic N) is 2. The van der Waals surface area contributed by atoms with Gasteiger partial charge in [0.2, 0.25) is 0 Å². The second kappa shape index (κ2) is 15.6. The Morgan fingerprint density at radius 3 is 1.28 bits per heavy atom. The van der Waals surface area contributed by atoms with Gasteiger partial charge in [-0.05, 0) is 131 Å². The molecule has 0 aliphatic rings. The van der Waals surface area contributed by atoms with Crippen LogP contribution in [0.1, 0.15) is 132 Å². The lowest BCUT2D eigenvalue weighted by Gasteiger charge is -2.34. The smallest absolute Gasteiger partial charge is 0.0541 e. The molecule has 0 aliphatic carbocycles. The maximum absolute atomic E-state index is 2.62. The van der Waals surface area contributed by atoms with Crippen molar-refractivity contribution in [3.8, 4) is 16.8 Å². The van der Waals surface area contributed by atoms with Crippen molar-refractivity contribution in [1.82, 2.24) is 4.57 Å². The molecule has 0 atom stereocenters. The molecule has 9 aromatic carbocycles. The van der Waals surface area contributed by atoms with Gasteiger partial charge in [0, 0.05) is 32.8 Å². The van der Waals surface area contributed by atoms with Gasteiger partial charge in [0.25, 0.3) is 0 Å². The summed E-state index contributed by atoms with van der Waals surface area (Å²) in [5.41, 5.74) is 16.1. The van der Waals surface area contributed by atoms with E-state index < -0.39 is 0 Å². The molecule has 2 heteroatoms. The van der Waals surface area contributed by atoms with Crippen LogP contribution in [-0.4, -0.2) is 4.57 Å². The van der Waals surface area contributed by atoms with Crippen molar-refractivity contribution >= 4 is 71.2 Å². The van der Waals surface area contributed by atoms with Gasteiger partial charge in [-0.1, -0.05) is 207 Å². The van der Waals surface area contributed by atoms with Crippen molar-refractivity contribution in [3.05, 3.63) is 179 Å². The van der Waals surface area contributed by atoms with Crippen LogP contribution in [0.4, 0.5) is 17.1 Å². The molecule has 0 bridgehead atoms. The summed E-state index contributed by atoms with van der Waals surface area (Å²) in [5, 5.41) is 10.1. The van der Waals surface area contributed by atoms with Crippen LogP contribution >= 0.6 is 0 Å². The fourth-order valence-electron chi connectivity index (χ4n) is 10.4. The van der Waals surface area contributed by atoms with Crippen molar-refractivity contribution in [2.75, 3.05) is 4.90 Å². The quantitative estimate of drug-likeness (QED) is 0.156. The summed E-state index contributed by atoms with van der Waals surface area (Å²) in [6, 6.07) is 58.7. The van der Waals surface area contributed by atoms with Crippen LogP contribution in [0.2, 0.25) is 0 Å². The zero-order valence-electron chi connectivity index (χ0n) is 43.3. The minimum atomic E-state index is -0.0743. The van der Waals surface area contributed by atoms with Crippen LogP contribution in [-0.2, 0) is 27.1 Å². The van der Waals surface area contributed by atoms with Crippen molar-refractivity contribution in [2.24, 2.45) is 0 Å². The van der Waals surface area contributed by atoms with Crippen molar-refractivity contribution in [1.29, 1.82) is 0 Å². The van der Waals surface area contributed by atoms with Crippen LogP contribution in [0.15, 0.2) is 152 Å². The lowest BCUT2D eigenvalue weighted by atomic mass is 9.78. The number of fused-ring (bicyclic) bond motifs is 3. The summed E-state index contributed by atoms with van der Waals surface area (Å²) in [6.07, 6.45) is 0. The van der Waals surface area contributed by atoms with Gasteiger partial charge in [-0.25, -0.2) is 0 Å². The molecule has 1 heterocycles. The second-order valence-corrected chi connectivity index (χ2v) is 24.8. The molecule has 10 rings (SSSR count).